The fourth-order valence-electron chi connectivity index (χ4n) is 2.70. The lowest BCUT2D eigenvalue weighted by molar-refractivity contribution is -0.142. The van der Waals surface area contributed by atoms with Gasteiger partial charge in [-0.05, 0) is 38.2 Å². The molecule has 0 aliphatic carbocycles. The second-order valence-electron chi connectivity index (χ2n) is 6.91. The van der Waals surface area contributed by atoms with E-state index in [9.17, 15) is 4.79 Å². The second-order valence-corrected chi connectivity index (χ2v) is 6.91. The van der Waals surface area contributed by atoms with E-state index in [1.807, 2.05) is 37.8 Å². The molecule has 1 aliphatic heterocycles. The Balaban J connectivity index is 1.80. The minimum atomic E-state index is -0.242. The van der Waals surface area contributed by atoms with Crippen molar-refractivity contribution in [3.63, 3.8) is 0 Å². The molecule has 0 bridgehead atoms. The van der Waals surface area contributed by atoms with Gasteiger partial charge in [0, 0.05) is 30.3 Å². The Morgan fingerprint density at radius 3 is 2.68 bits per heavy atom. The number of ether oxygens (including phenoxy) is 1. The number of carbonyl (C=O) groups is 1. The minimum Gasteiger partial charge on any atom is -0.477 e. The SMILES string of the molecule is CCC(C)(C)C(=O)N1CCC(COc2ncccc2C)CC1. The number of aryl methyl sites for hydroxylation is 1. The number of piperidine rings is 1. The number of hydrogen-bond acceptors (Lipinski definition) is 3. The molecule has 2 heterocycles. The molecule has 0 N–H and O–H groups in total. The van der Waals surface area contributed by atoms with Gasteiger partial charge in [-0.25, -0.2) is 4.98 Å². The van der Waals surface area contributed by atoms with Crippen LogP contribution in [-0.2, 0) is 4.79 Å². The van der Waals surface area contributed by atoms with Crippen LogP contribution in [0.15, 0.2) is 18.3 Å². The molecule has 22 heavy (non-hydrogen) atoms. The Kier molecular flexibility index (Phi) is 5.43. The summed E-state index contributed by atoms with van der Waals surface area (Å²) in [4.78, 5) is 18.7. The van der Waals surface area contributed by atoms with Crippen molar-refractivity contribution < 1.29 is 9.53 Å². The van der Waals surface area contributed by atoms with Gasteiger partial charge in [0.1, 0.15) is 0 Å². The highest BCUT2D eigenvalue weighted by atomic mass is 16.5. The first kappa shape index (κ1) is 16.8. The Hall–Kier alpha value is -1.58. The number of aromatic nitrogens is 1. The highest BCUT2D eigenvalue weighted by Crippen LogP contribution is 2.27. The number of pyridine rings is 1. The van der Waals surface area contributed by atoms with E-state index in [2.05, 4.69) is 11.9 Å². The van der Waals surface area contributed by atoms with Crippen LogP contribution in [0.1, 0.15) is 45.6 Å². The van der Waals surface area contributed by atoms with Crippen LogP contribution in [0.4, 0.5) is 0 Å². The first-order valence-electron chi connectivity index (χ1n) is 8.28. The molecule has 4 heteroatoms. The van der Waals surface area contributed by atoms with E-state index in [-0.39, 0.29) is 11.3 Å². The monoisotopic (exact) mass is 304 g/mol. The predicted octanol–water partition coefficient (Wildman–Crippen LogP) is 3.44. The van der Waals surface area contributed by atoms with Gasteiger partial charge >= 0.3 is 0 Å². The summed E-state index contributed by atoms with van der Waals surface area (Å²) < 4.78 is 5.85. The van der Waals surface area contributed by atoms with Crippen LogP contribution in [0.25, 0.3) is 0 Å². The smallest absolute Gasteiger partial charge is 0.228 e. The third-order valence-electron chi connectivity index (χ3n) is 4.78. The molecule has 2 rings (SSSR count). The molecule has 1 saturated heterocycles. The van der Waals surface area contributed by atoms with Crippen LogP contribution in [0.3, 0.4) is 0 Å². The third kappa shape index (κ3) is 3.99. The van der Waals surface area contributed by atoms with Gasteiger partial charge in [0.2, 0.25) is 11.8 Å². The summed E-state index contributed by atoms with van der Waals surface area (Å²) in [5.41, 5.74) is 0.828. The van der Waals surface area contributed by atoms with Gasteiger partial charge in [-0.15, -0.1) is 0 Å². The largest absolute Gasteiger partial charge is 0.477 e. The molecule has 122 valence electrons. The average Bonchev–Trinajstić information content (AvgIpc) is 2.54. The lowest BCUT2D eigenvalue weighted by Crippen LogP contribution is -2.45. The quantitative estimate of drug-likeness (QED) is 0.837. The summed E-state index contributed by atoms with van der Waals surface area (Å²) in [7, 11) is 0. The molecular weight excluding hydrogens is 276 g/mol. The molecule has 1 aromatic heterocycles. The van der Waals surface area contributed by atoms with Crippen molar-refractivity contribution in [3.05, 3.63) is 23.9 Å². The molecular formula is C18H28N2O2. The summed E-state index contributed by atoms with van der Waals surface area (Å²) >= 11 is 0. The minimum absolute atomic E-state index is 0.242. The van der Waals surface area contributed by atoms with Crippen molar-refractivity contribution in [2.24, 2.45) is 11.3 Å². The van der Waals surface area contributed by atoms with Crippen LogP contribution in [0.5, 0.6) is 5.88 Å². The van der Waals surface area contributed by atoms with Crippen molar-refractivity contribution in [1.29, 1.82) is 0 Å². The zero-order valence-corrected chi connectivity index (χ0v) is 14.3. The first-order chi connectivity index (χ1) is 10.4. The highest BCUT2D eigenvalue weighted by Gasteiger charge is 2.32. The number of rotatable bonds is 5. The van der Waals surface area contributed by atoms with Gasteiger partial charge < -0.3 is 9.64 Å². The van der Waals surface area contributed by atoms with Crippen molar-refractivity contribution in [3.8, 4) is 5.88 Å². The summed E-state index contributed by atoms with van der Waals surface area (Å²) in [5.74, 6) is 1.53. The Bertz CT molecular complexity index is 506. The van der Waals surface area contributed by atoms with E-state index in [0.717, 1.165) is 43.8 Å². The Labute approximate surface area is 133 Å². The normalized spacial score (nSPS) is 16.6. The lowest BCUT2D eigenvalue weighted by atomic mass is 9.87. The zero-order chi connectivity index (χ0) is 16.2. The third-order valence-corrected chi connectivity index (χ3v) is 4.78. The van der Waals surface area contributed by atoms with Gasteiger partial charge in [0.15, 0.2) is 0 Å². The van der Waals surface area contributed by atoms with E-state index in [4.69, 9.17) is 4.74 Å². The molecule has 1 amide bonds. The van der Waals surface area contributed by atoms with Crippen LogP contribution in [0, 0.1) is 18.3 Å². The number of carbonyl (C=O) groups excluding carboxylic acids is 1. The van der Waals surface area contributed by atoms with E-state index in [1.54, 1.807) is 6.20 Å². The molecule has 1 fully saturated rings. The molecule has 0 aromatic carbocycles. The highest BCUT2D eigenvalue weighted by molar-refractivity contribution is 5.81. The second kappa shape index (κ2) is 7.12. The maximum atomic E-state index is 12.5. The number of likely N-dealkylation sites (tertiary alicyclic amines) is 1. The van der Waals surface area contributed by atoms with Gasteiger partial charge in [-0.3, -0.25) is 4.79 Å². The van der Waals surface area contributed by atoms with Crippen LogP contribution in [-0.4, -0.2) is 35.5 Å². The summed E-state index contributed by atoms with van der Waals surface area (Å²) in [6, 6.07) is 3.93. The lowest BCUT2D eigenvalue weighted by Gasteiger charge is -2.36. The Morgan fingerprint density at radius 2 is 2.09 bits per heavy atom. The number of amides is 1. The van der Waals surface area contributed by atoms with E-state index in [0.29, 0.717) is 12.5 Å². The van der Waals surface area contributed by atoms with E-state index < -0.39 is 0 Å². The molecule has 0 radical (unpaired) electrons. The van der Waals surface area contributed by atoms with Gasteiger partial charge in [0.05, 0.1) is 6.61 Å². The molecule has 0 saturated carbocycles. The number of nitrogens with zero attached hydrogens (tertiary/aromatic N) is 2. The number of hydrogen-bond donors (Lipinski definition) is 0. The molecule has 1 aromatic rings. The van der Waals surface area contributed by atoms with Crippen LogP contribution < -0.4 is 4.74 Å². The van der Waals surface area contributed by atoms with Crippen LogP contribution >= 0.6 is 0 Å². The standard InChI is InChI=1S/C18H28N2O2/c1-5-18(3,4)17(21)20-11-8-15(9-12-20)13-22-16-14(2)7-6-10-19-16/h6-7,10,15H,5,8-9,11-13H2,1-4H3. The molecule has 0 unspecified atom stereocenters. The molecule has 0 spiro atoms. The topological polar surface area (TPSA) is 42.4 Å². The van der Waals surface area contributed by atoms with Gasteiger partial charge in [-0.1, -0.05) is 26.8 Å². The fourth-order valence-corrected chi connectivity index (χ4v) is 2.70. The van der Waals surface area contributed by atoms with Crippen molar-refractivity contribution >= 4 is 5.91 Å². The van der Waals surface area contributed by atoms with Crippen molar-refractivity contribution in [1.82, 2.24) is 9.88 Å². The molecule has 4 nitrogen and oxygen atoms in total. The van der Waals surface area contributed by atoms with Gasteiger partial charge in [-0.2, -0.15) is 0 Å². The fraction of sp³-hybridized carbons (Fsp3) is 0.667. The van der Waals surface area contributed by atoms with Crippen molar-refractivity contribution in [2.75, 3.05) is 19.7 Å². The summed E-state index contributed by atoms with van der Waals surface area (Å²) in [6.07, 6.45) is 4.67. The molecule has 0 atom stereocenters. The maximum absolute atomic E-state index is 12.5. The maximum Gasteiger partial charge on any atom is 0.228 e. The van der Waals surface area contributed by atoms with E-state index in [1.165, 1.54) is 0 Å². The van der Waals surface area contributed by atoms with E-state index >= 15 is 0 Å². The zero-order valence-electron chi connectivity index (χ0n) is 14.3. The summed E-state index contributed by atoms with van der Waals surface area (Å²) in [5, 5.41) is 0. The van der Waals surface area contributed by atoms with Gasteiger partial charge in [0.25, 0.3) is 0 Å². The average molecular weight is 304 g/mol. The van der Waals surface area contributed by atoms with Crippen LogP contribution in [0.2, 0.25) is 0 Å². The predicted molar refractivity (Wildman–Crippen MR) is 87.8 cm³/mol. The first-order valence-corrected chi connectivity index (χ1v) is 8.28. The summed E-state index contributed by atoms with van der Waals surface area (Å²) in [6.45, 7) is 10.5. The Morgan fingerprint density at radius 1 is 1.41 bits per heavy atom. The molecule has 1 aliphatic rings. The van der Waals surface area contributed by atoms with Crippen molar-refractivity contribution in [2.45, 2.75) is 47.0 Å².